The molecule has 0 bridgehead atoms. The Balaban J connectivity index is 3.53. The number of allylic oxidation sites excluding steroid dienone is 2. The first-order chi connectivity index (χ1) is 5.18. The number of aliphatic carboxylic acids is 1. The van der Waals surface area contributed by atoms with Crippen molar-refractivity contribution in [2.24, 2.45) is 0 Å². The zero-order chi connectivity index (χ0) is 8.69. The highest BCUT2D eigenvalue weighted by Gasteiger charge is 1.98. The van der Waals surface area contributed by atoms with E-state index in [1.165, 1.54) is 0 Å². The monoisotopic (exact) mass is 174 g/mol. The molecule has 0 aliphatic carbocycles. The van der Waals surface area contributed by atoms with Crippen molar-refractivity contribution in [2.45, 2.75) is 12.8 Å². The van der Waals surface area contributed by atoms with Gasteiger partial charge in [0, 0.05) is 11.5 Å². The molecule has 0 fully saturated rings. The Labute approximate surface area is 71.2 Å². The molecule has 0 spiro atoms. The molecule has 0 amide bonds. The highest BCUT2D eigenvalue weighted by atomic mass is 35.5. The molecule has 3 heteroatoms. The van der Waals surface area contributed by atoms with Gasteiger partial charge in [-0.15, -0.1) is 11.6 Å². The van der Waals surface area contributed by atoms with Crippen molar-refractivity contribution in [1.82, 2.24) is 0 Å². The Kier molecular flexibility index (Phi) is 5.57. The highest BCUT2D eigenvalue weighted by molar-refractivity contribution is 6.17. The Hall–Kier alpha value is -0.760. The minimum Gasteiger partial charge on any atom is -0.478 e. The Morgan fingerprint density at radius 1 is 1.55 bits per heavy atom. The standard InChI is InChI=1S/C8H11ClO2/c1-7(8(10)11)5-3-2-4-6-9/h2-3H,1,4-6H2,(H,10,11). The fourth-order valence-corrected chi connectivity index (χ4v) is 0.620. The average molecular weight is 175 g/mol. The summed E-state index contributed by atoms with van der Waals surface area (Å²) in [5.41, 5.74) is 0.204. The predicted octanol–water partition coefficient (Wildman–Crippen LogP) is 2.20. The van der Waals surface area contributed by atoms with Gasteiger partial charge in [-0.05, 0) is 12.8 Å². The van der Waals surface area contributed by atoms with E-state index in [0.29, 0.717) is 12.3 Å². The minimum absolute atomic E-state index is 0.204. The van der Waals surface area contributed by atoms with Crippen molar-refractivity contribution in [3.63, 3.8) is 0 Å². The first-order valence-corrected chi connectivity index (χ1v) is 3.84. The molecule has 1 N–H and O–H groups in total. The van der Waals surface area contributed by atoms with Crippen molar-refractivity contribution < 1.29 is 9.90 Å². The lowest BCUT2D eigenvalue weighted by atomic mass is 10.2. The van der Waals surface area contributed by atoms with Crippen molar-refractivity contribution in [3.8, 4) is 0 Å². The number of carboxylic acid groups (broad SMARTS) is 1. The number of carbonyl (C=O) groups is 1. The molecule has 0 aliphatic heterocycles. The van der Waals surface area contributed by atoms with Crippen LogP contribution in [-0.2, 0) is 4.79 Å². The summed E-state index contributed by atoms with van der Waals surface area (Å²) in [5, 5.41) is 8.38. The number of hydrogen-bond acceptors (Lipinski definition) is 1. The van der Waals surface area contributed by atoms with E-state index in [4.69, 9.17) is 16.7 Å². The van der Waals surface area contributed by atoms with Crippen LogP contribution in [0.4, 0.5) is 0 Å². The maximum atomic E-state index is 10.2. The number of alkyl halides is 1. The number of hydrogen-bond donors (Lipinski definition) is 1. The van der Waals surface area contributed by atoms with Crippen LogP contribution in [0.15, 0.2) is 24.3 Å². The molecule has 0 unspecified atom stereocenters. The van der Waals surface area contributed by atoms with Crippen LogP contribution < -0.4 is 0 Å². The number of carboxylic acids is 1. The fraction of sp³-hybridized carbons (Fsp3) is 0.375. The first kappa shape index (κ1) is 10.2. The van der Waals surface area contributed by atoms with E-state index in [1.54, 1.807) is 6.08 Å². The van der Waals surface area contributed by atoms with Gasteiger partial charge in [0.2, 0.25) is 0 Å². The van der Waals surface area contributed by atoms with E-state index in [-0.39, 0.29) is 5.57 Å². The third kappa shape index (κ3) is 5.67. The third-order valence-corrected chi connectivity index (χ3v) is 1.33. The molecule has 0 radical (unpaired) electrons. The number of halogens is 1. The minimum atomic E-state index is -0.944. The molecule has 0 atom stereocenters. The van der Waals surface area contributed by atoms with Gasteiger partial charge >= 0.3 is 5.97 Å². The van der Waals surface area contributed by atoms with Crippen molar-refractivity contribution in [2.75, 3.05) is 5.88 Å². The smallest absolute Gasteiger partial charge is 0.331 e. The van der Waals surface area contributed by atoms with Gasteiger partial charge < -0.3 is 5.11 Å². The largest absolute Gasteiger partial charge is 0.478 e. The molecule has 0 aromatic rings. The van der Waals surface area contributed by atoms with Gasteiger partial charge in [0.15, 0.2) is 0 Å². The maximum absolute atomic E-state index is 10.2. The van der Waals surface area contributed by atoms with Crippen molar-refractivity contribution >= 4 is 17.6 Å². The second kappa shape index (κ2) is 5.98. The first-order valence-electron chi connectivity index (χ1n) is 3.30. The lowest BCUT2D eigenvalue weighted by molar-refractivity contribution is -0.132. The molecular weight excluding hydrogens is 164 g/mol. The molecule has 62 valence electrons. The summed E-state index contributed by atoms with van der Waals surface area (Å²) in [6.45, 7) is 3.37. The number of rotatable bonds is 5. The quantitative estimate of drug-likeness (QED) is 0.394. The molecular formula is C8H11ClO2. The Bertz CT molecular complexity index is 173. The van der Waals surface area contributed by atoms with Crippen LogP contribution in [0.5, 0.6) is 0 Å². The molecule has 0 aromatic heterocycles. The van der Waals surface area contributed by atoms with Crippen LogP contribution in [0.25, 0.3) is 0 Å². The lowest BCUT2D eigenvalue weighted by Crippen LogP contribution is -1.96. The summed E-state index contributed by atoms with van der Waals surface area (Å²) in [5.74, 6) is -0.378. The van der Waals surface area contributed by atoms with E-state index in [0.717, 1.165) is 6.42 Å². The van der Waals surface area contributed by atoms with E-state index < -0.39 is 5.97 Å². The Morgan fingerprint density at radius 2 is 2.18 bits per heavy atom. The second-order valence-corrected chi connectivity index (χ2v) is 2.44. The molecule has 0 aromatic carbocycles. The summed E-state index contributed by atoms with van der Waals surface area (Å²) < 4.78 is 0. The van der Waals surface area contributed by atoms with E-state index in [1.807, 2.05) is 6.08 Å². The molecule has 0 saturated heterocycles. The van der Waals surface area contributed by atoms with Gasteiger partial charge in [-0.2, -0.15) is 0 Å². The maximum Gasteiger partial charge on any atom is 0.331 e. The van der Waals surface area contributed by atoms with Crippen molar-refractivity contribution in [1.29, 1.82) is 0 Å². The van der Waals surface area contributed by atoms with E-state index in [9.17, 15) is 4.79 Å². The molecule has 0 saturated carbocycles. The highest BCUT2D eigenvalue weighted by Crippen LogP contribution is 1.99. The summed E-state index contributed by atoms with van der Waals surface area (Å²) in [7, 11) is 0. The summed E-state index contributed by atoms with van der Waals surface area (Å²) >= 11 is 5.39. The topological polar surface area (TPSA) is 37.3 Å². The van der Waals surface area contributed by atoms with Gasteiger partial charge in [0.25, 0.3) is 0 Å². The molecule has 11 heavy (non-hydrogen) atoms. The van der Waals surface area contributed by atoms with Crippen LogP contribution in [0, 0.1) is 0 Å². The normalized spacial score (nSPS) is 10.3. The summed E-state index contributed by atoms with van der Waals surface area (Å²) in [6.07, 6.45) is 4.78. The van der Waals surface area contributed by atoms with Gasteiger partial charge in [-0.25, -0.2) is 4.79 Å². The van der Waals surface area contributed by atoms with Gasteiger partial charge in [-0.1, -0.05) is 18.7 Å². The third-order valence-electron chi connectivity index (χ3n) is 1.11. The summed E-state index contributed by atoms with van der Waals surface area (Å²) in [4.78, 5) is 10.2. The van der Waals surface area contributed by atoms with E-state index in [2.05, 4.69) is 6.58 Å². The van der Waals surface area contributed by atoms with Crippen LogP contribution in [0.3, 0.4) is 0 Å². The SMILES string of the molecule is C=C(CC=CCCCl)C(=O)O. The summed E-state index contributed by atoms with van der Waals surface area (Å²) in [6, 6.07) is 0. The van der Waals surface area contributed by atoms with Gasteiger partial charge in [-0.3, -0.25) is 0 Å². The molecule has 2 nitrogen and oxygen atoms in total. The van der Waals surface area contributed by atoms with Crippen LogP contribution in [0.2, 0.25) is 0 Å². The molecule has 0 rings (SSSR count). The predicted molar refractivity (Wildman–Crippen MR) is 45.9 cm³/mol. The second-order valence-electron chi connectivity index (χ2n) is 2.06. The Morgan fingerprint density at radius 3 is 2.64 bits per heavy atom. The van der Waals surface area contributed by atoms with Gasteiger partial charge in [0.05, 0.1) is 0 Å². The van der Waals surface area contributed by atoms with E-state index >= 15 is 0 Å². The zero-order valence-corrected chi connectivity index (χ0v) is 6.97. The zero-order valence-electron chi connectivity index (χ0n) is 6.22. The molecule has 0 heterocycles. The van der Waals surface area contributed by atoms with Gasteiger partial charge in [0.1, 0.15) is 0 Å². The average Bonchev–Trinajstić information content (AvgIpc) is 1.97. The van der Waals surface area contributed by atoms with Crippen LogP contribution in [-0.4, -0.2) is 17.0 Å². The molecule has 0 aliphatic rings. The van der Waals surface area contributed by atoms with Crippen molar-refractivity contribution in [3.05, 3.63) is 24.3 Å². The lowest BCUT2D eigenvalue weighted by Gasteiger charge is -1.91. The fourth-order valence-electron chi connectivity index (χ4n) is 0.494. The van der Waals surface area contributed by atoms with Crippen LogP contribution in [0.1, 0.15) is 12.8 Å². The van der Waals surface area contributed by atoms with Crippen LogP contribution >= 0.6 is 11.6 Å².